The van der Waals surface area contributed by atoms with Crippen molar-refractivity contribution in [3.05, 3.63) is 29.8 Å². The first-order chi connectivity index (χ1) is 7.81. The molecule has 1 aromatic rings. The van der Waals surface area contributed by atoms with E-state index < -0.39 is 0 Å². The van der Waals surface area contributed by atoms with E-state index in [0.29, 0.717) is 5.92 Å². The fraction of sp³-hybridized carbons (Fsp3) is 0.462. The summed E-state index contributed by atoms with van der Waals surface area (Å²) in [6.45, 7) is 1.93. The average Bonchev–Trinajstić information content (AvgIpc) is 2.31. The number of hydrogen-bond acceptors (Lipinski definition) is 3. The summed E-state index contributed by atoms with van der Waals surface area (Å²) >= 11 is 0. The standard InChI is InChI=1S/C13H17NO2/c15-9-13(11-4-2-6-14-8-11)10-3-1-5-12(16)7-10/h1,3,5,7,9,11,13-14,16H,2,4,6,8H2. The molecular weight excluding hydrogens is 202 g/mol. The Kier molecular flexibility index (Phi) is 3.57. The van der Waals surface area contributed by atoms with Crippen LogP contribution < -0.4 is 5.32 Å². The number of carbonyl (C=O) groups excluding carboxylic acids is 1. The number of aldehydes is 1. The van der Waals surface area contributed by atoms with Crippen LogP contribution in [0.2, 0.25) is 0 Å². The molecule has 3 heteroatoms. The van der Waals surface area contributed by atoms with Gasteiger partial charge in [-0.2, -0.15) is 0 Å². The molecule has 1 aliphatic heterocycles. The fourth-order valence-corrected chi connectivity index (χ4v) is 2.38. The molecular formula is C13H17NO2. The topological polar surface area (TPSA) is 49.3 Å². The summed E-state index contributed by atoms with van der Waals surface area (Å²) in [6, 6.07) is 7.02. The number of nitrogens with one attached hydrogen (secondary N) is 1. The Morgan fingerprint density at radius 2 is 2.38 bits per heavy atom. The van der Waals surface area contributed by atoms with Crippen LogP contribution in [0.25, 0.3) is 0 Å². The number of carbonyl (C=O) groups is 1. The maximum atomic E-state index is 11.2. The predicted molar refractivity (Wildman–Crippen MR) is 62.5 cm³/mol. The molecule has 2 unspecified atom stereocenters. The molecule has 3 nitrogen and oxygen atoms in total. The lowest BCUT2D eigenvalue weighted by Crippen LogP contribution is -2.33. The molecule has 0 saturated carbocycles. The predicted octanol–water partition coefficient (Wildman–Crippen LogP) is 1.67. The quantitative estimate of drug-likeness (QED) is 0.760. The lowest BCUT2D eigenvalue weighted by atomic mass is 9.82. The van der Waals surface area contributed by atoms with Crippen molar-refractivity contribution >= 4 is 6.29 Å². The zero-order valence-electron chi connectivity index (χ0n) is 9.23. The van der Waals surface area contributed by atoms with E-state index in [1.54, 1.807) is 18.2 Å². The first kappa shape index (κ1) is 11.1. The van der Waals surface area contributed by atoms with Gasteiger partial charge in [0.2, 0.25) is 0 Å². The second-order valence-electron chi connectivity index (χ2n) is 4.36. The van der Waals surface area contributed by atoms with Crippen molar-refractivity contribution in [2.75, 3.05) is 13.1 Å². The number of piperidine rings is 1. The molecule has 86 valence electrons. The van der Waals surface area contributed by atoms with Crippen molar-refractivity contribution in [1.82, 2.24) is 5.32 Å². The monoisotopic (exact) mass is 219 g/mol. The molecule has 2 atom stereocenters. The van der Waals surface area contributed by atoms with Gasteiger partial charge in [-0.05, 0) is 49.5 Å². The largest absolute Gasteiger partial charge is 0.508 e. The Hall–Kier alpha value is -1.35. The molecule has 2 N–H and O–H groups in total. The zero-order valence-corrected chi connectivity index (χ0v) is 9.23. The molecule has 0 amide bonds. The molecule has 1 aromatic carbocycles. The maximum absolute atomic E-state index is 11.2. The Balaban J connectivity index is 2.17. The van der Waals surface area contributed by atoms with Gasteiger partial charge in [-0.3, -0.25) is 0 Å². The number of benzene rings is 1. The molecule has 1 saturated heterocycles. The molecule has 0 spiro atoms. The van der Waals surface area contributed by atoms with Gasteiger partial charge in [0.1, 0.15) is 12.0 Å². The van der Waals surface area contributed by atoms with Crippen molar-refractivity contribution in [3.8, 4) is 5.75 Å². The van der Waals surface area contributed by atoms with Gasteiger partial charge in [-0.25, -0.2) is 0 Å². The number of rotatable bonds is 3. The smallest absolute Gasteiger partial charge is 0.127 e. The van der Waals surface area contributed by atoms with Gasteiger partial charge in [0, 0.05) is 5.92 Å². The summed E-state index contributed by atoms with van der Waals surface area (Å²) in [4.78, 5) is 11.2. The highest BCUT2D eigenvalue weighted by Crippen LogP contribution is 2.29. The van der Waals surface area contributed by atoms with Crippen molar-refractivity contribution < 1.29 is 9.90 Å². The summed E-state index contributed by atoms with van der Waals surface area (Å²) in [5.41, 5.74) is 0.920. The SMILES string of the molecule is O=CC(c1cccc(O)c1)C1CCCNC1. The summed E-state index contributed by atoms with van der Waals surface area (Å²) in [6.07, 6.45) is 3.20. The number of hydrogen-bond donors (Lipinski definition) is 2. The number of phenolic OH excluding ortho intramolecular Hbond substituents is 1. The van der Waals surface area contributed by atoms with Gasteiger partial charge in [-0.15, -0.1) is 0 Å². The zero-order chi connectivity index (χ0) is 11.4. The third-order valence-electron chi connectivity index (χ3n) is 3.24. The minimum Gasteiger partial charge on any atom is -0.508 e. The normalized spacial score (nSPS) is 22.6. The second kappa shape index (κ2) is 5.12. The van der Waals surface area contributed by atoms with Crippen LogP contribution in [-0.4, -0.2) is 24.5 Å². The van der Waals surface area contributed by atoms with E-state index in [2.05, 4.69) is 5.32 Å². The van der Waals surface area contributed by atoms with Crippen LogP contribution in [0.3, 0.4) is 0 Å². The summed E-state index contributed by atoms with van der Waals surface area (Å²) in [5, 5.41) is 12.7. The van der Waals surface area contributed by atoms with Crippen molar-refractivity contribution in [2.45, 2.75) is 18.8 Å². The average molecular weight is 219 g/mol. The Morgan fingerprint density at radius 1 is 1.50 bits per heavy atom. The number of aromatic hydroxyl groups is 1. The molecule has 2 rings (SSSR count). The summed E-state index contributed by atoms with van der Waals surface area (Å²) < 4.78 is 0. The highest BCUT2D eigenvalue weighted by molar-refractivity contribution is 5.63. The van der Waals surface area contributed by atoms with Crippen LogP contribution in [0.4, 0.5) is 0 Å². The molecule has 0 radical (unpaired) electrons. The summed E-state index contributed by atoms with van der Waals surface area (Å²) in [7, 11) is 0. The van der Waals surface area contributed by atoms with Gasteiger partial charge in [-0.1, -0.05) is 12.1 Å². The fourth-order valence-electron chi connectivity index (χ4n) is 2.38. The van der Waals surface area contributed by atoms with E-state index in [4.69, 9.17) is 0 Å². The Labute approximate surface area is 95.5 Å². The molecule has 1 aliphatic rings. The van der Waals surface area contributed by atoms with Gasteiger partial charge >= 0.3 is 0 Å². The second-order valence-corrected chi connectivity index (χ2v) is 4.36. The van der Waals surface area contributed by atoms with Crippen LogP contribution in [0.1, 0.15) is 24.3 Å². The van der Waals surface area contributed by atoms with E-state index in [9.17, 15) is 9.90 Å². The highest BCUT2D eigenvalue weighted by atomic mass is 16.3. The van der Waals surface area contributed by atoms with Gasteiger partial charge < -0.3 is 15.2 Å². The lowest BCUT2D eigenvalue weighted by molar-refractivity contribution is -0.110. The van der Waals surface area contributed by atoms with Crippen LogP contribution in [0.15, 0.2) is 24.3 Å². The van der Waals surface area contributed by atoms with E-state index in [0.717, 1.165) is 37.8 Å². The molecule has 0 aliphatic carbocycles. The first-order valence-corrected chi connectivity index (χ1v) is 5.76. The third-order valence-corrected chi connectivity index (χ3v) is 3.24. The van der Waals surface area contributed by atoms with E-state index in [1.807, 2.05) is 6.07 Å². The van der Waals surface area contributed by atoms with E-state index in [1.165, 1.54) is 0 Å². The highest BCUT2D eigenvalue weighted by Gasteiger charge is 2.24. The van der Waals surface area contributed by atoms with Crippen molar-refractivity contribution in [2.24, 2.45) is 5.92 Å². The number of phenols is 1. The maximum Gasteiger partial charge on any atom is 0.127 e. The molecule has 1 heterocycles. The van der Waals surface area contributed by atoms with Crippen LogP contribution in [0.5, 0.6) is 5.75 Å². The van der Waals surface area contributed by atoms with Crippen LogP contribution in [0, 0.1) is 5.92 Å². The minimum atomic E-state index is -0.0973. The Morgan fingerprint density at radius 3 is 3.00 bits per heavy atom. The van der Waals surface area contributed by atoms with Crippen molar-refractivity contribution in [1.29, 1.82) is 0 Å². The van der Waals surface area contributed by atoms with Gasteiger partial charge in [0.25, 0.3) is 0 Å². The van der Waals surface area contributed by atoms with Crippen LogP contribution in [-0.2, 0) is 4.79 Å². The first-order valence-electron chi connectivity index (χ1n) is 5.76. The van der Waals surface area contributed by atoms with E-state index in [-0.39, 0.29) is 11.7 Å². The third kappa shape index (κ3) is 2.42. The molecule has 1 fully saturated rings. The van der Waals surface area contributed by atoms with Gasteiger partial charge in [0.05, 0.1) is 0 Å². The molecule has 16 heavy (non-hydrogen) atoms. The lowest BCUT2D eigenvalue weighted by Gasteiger charge is -2.27. The van der Waals surface area contributed by atoms with E-state index >= 15 is 0 Å². The minimum absolute atomic E-state index is 0.0973. The van der Waals surface area contributed by atoms with Crippen LogP contribution >= 0.6 is 0 Å². The van der Waals surface area contributed by atoms with Crippen molar-refractivity contribution in [3.63, 3.8) is 0 Å². The summed E-state index contributed by atoms with van der Waals surface area (Å²) in [5.74, 6) is 0.487. The molecule has 0 bridgehead atoms. The Bertz CT molecular complexity index is 359. The molecule has 0 aromatic heterocycles. The van der Waals surface area contributed by atoms with Gasteiger partial charge in [0.15, 0.2) is 0 Å².